The first-order valence-electron chi connectivity index (χ1n) is 12.7. The minimum Gasteiger partial charge on any atom is -0.493 e. The van der Waals surface area contributed by atoms with E-state index in [-0.39, 0.29) is 0 Å². The fraction of sp³-hybridized carbons (Fsp3) is 0.429. The van der Waals surface area contributed by atoms with Crippen LogP contribution in [0.15, 0.2) is 42.5 Å². The van der Waals surface area contributed by atoms with Crippen molar-refractivity contribution in [3.8, 4) is 23.1 Å². The topological polar surface area (TPSA) is 82.8 Å². The van der Waals surface area contributed by atoms with Crippen molar-refractivity contribution in [1.29, 1.82) is 5.26 Å². The Bertz CT molecular complexity index is 1220. The van der Waals surface area contributed by atoms with Gasteiger partial charge in [0.15, 0.2) is 0 Å². The highest BCUT2D eigenvalue weighted by Crippen LogP contribution is 2.35. The quantitative estimate of drug-likeness (QED) is 0.436. The summed E-state index contributed by atoms with van der Waals surface area (Å²) in [5.74, 6) is 0.818. The van der Waals surface area contributed by atoms with Crippen molar-refractivity contribution < 1.29 is 14.3 Å². The lowest BCUT2D eigenvalue weighted by Gasteiger charge is -2.32. The van der Waals surface area contributed by atoms with E-state index in [0.717, 1.165) is 67.1 Å². The maximum atomic E-state index is 11.7. The maximum Gasteiger partial charge on any atom is 0.411 e. The fourth-order valence-electron chi connectivity index (χ4n) is 4.71. The van der Waals surface area contributed by atoms with E-state index in [1.165, 1.54) is 0 Å². The lowest BCUT2D eigenvalue weighted by atomic mass is 10.1. The van der Waals surface area contributed by atoms with Crippen LogP contribution in [0.4, 0.5) is 10.5 Å². The van der Waals surface area contributed by atoms with E-state index in [1.807, 2.05) is 42.5 Å². The van der Waals surface area contributed by atoms with Gasteiger partial charge in [0.05, 0.1) is 30.0 Å². The van der Waals surface area contributed by atoms with E-state index < -0.39 is 6.09 Å². The predicted octanol–water partition coefficient (Wildman–Crippen LogP) is 4.78. The smallest absolute Gasteiger partial charge is 0.411 e. The number of piperazine rings is 1. The third kappa shape index (κ3) is 5.81. The minimum atomic E-state index is -0.485. The monoisotopic (exact) mass is 489 g/mol. The van der Waals surface area contributed by atoms with Crippen LogP contribution in [0.2, 0.25) is 0 Å². The summed E-state index contributed by atoms with van der Waals surface area (Å²) in [6, 6.07) is 15.8. The number of aryl methyl sites for hydroxylation is 1. The molecule has 4 rings (SSSR count). The van der Waals surface area contributed by atoms with Crippen LogP contribution in [0.1, 0.15) is 25.8 Å². The first kappa shape index (κ1) is 25.5. The van der Waals surface area contributed by atoms with Crippen molar-refractivity contribution in [2.75, 3.05) is 58.3 Å². The minimum absolute atomic E-state index is 0.314. The summed E-state index contributed by atoms with van der Waals surface area (Å²) in [5.41, 5.74) is 4.04. The summed E-state index contributed by atoms with van der Waals surface area (Å²) in [4.78, 5) is 16.6. The lowest BCUT2D eigenvalue weighted by molar-refractivity contribution is 0.145. The second kappa shape index (κ2) is 11.9. The van der Waals surface area contributed by atoms with Crippen molar-refractivity contribution in [1.82, 2.24) is 14.4 Å². The number of nitrogens with one attached hydrogen (secondary N) is 1. The molecule has 190 valence electrons. The van der Waals surface area contributed by atoms with Crippen molar-refractivity contribution in [2.45, 2.75) is 26.8 Å². The third-order valence-corrected chi connectivity index (χ3v) is 6.63. The maximum absolute atomic E-state index is 11.7. The number of benzene rings is 2. The Morgan fingerprint density at radius 1 is 1.08 bits per heavy atom. The number of nitrogens with zero attached hydrogens (tertiary/aromatic N) is 4. The average molecular weight is 490 g/mol. The molecule has 0 aliphatic carbocycles. The number of ether oxygens (including phenoxy) is 2. The molecule has 3 aromatic rings. The van der Waals surface area contributed by atoms with Gasteiger partial charge in [-0.05, 0) is 57.1 Å². The van der Waals surface area contributed by atoms with Crippen molar-refractivity contribution in [3.05, 3.63) is 48.0 Å². The molecule has 0 spiro atoms. The Morgan fingerprint density at radius 3 is 2.50 bits per heavy atom. The number of likely N-dealkylation sites (N-methyl/N-ethyl adjacent to an activating group) is 1. The zero-order valence-corrected chi connectivity index (χ0v) is 21.4. The number of rotatable bonds is 9. The molecule has 8 heteroatoms. The highest BCUT2D eigenvalue weighted by molar-refractivity contribution is 5.95. The SMILES string of the molecule is CCOC(=O)Nc1ccc(-c2c(C#N)c3ccc(OCCCN4CCN(C)CC4)cc3n2CC)cc1. The zero-order chi connectivity index (χ0) is 25.5. The third-order valence-electron chi connectivity index (χ3n) is 6.63. The molecule has 36 heavy (non-hydrogen) atoms. The number of amides is 1. The molecule has 2 heterocycles. The Hall–Kier alpha value is -3.54. The summed E-state index contributed by atoms with van der Waals surface area (Å²) in [7, 11) is 2.17. The van der Waals surface area contributed by atoms with Crippen LogP contribution in [-0.4, -0.2) is 73.4 Å². The molecule has 0 atom stereocenters. The molecule has 0 radical (unpaired) electrons. The molecule has 0 unspecified atom stereocenters. The molecule has 1 saturated heterocycles. The Balaban J connectivity index is 1.50. The number of hydrogen-bond acceptors (Lipinski definition) is 6. The second-order valence-corrected chi connectivity index (χ2v) is 9.03. The summed E-state index contributed by atoms with van der Waals surface area (Å²) in [6.45, 7) is 11.1. The number of anilines is 1. The van der Waals surface area contributed by atoms with Gasteiger partial charge in [0.2, 0.25) is 0 Å². The molecule has 8 nitrogen and oxygen atoms in total. The highest BCUT2D eigenvalue weighted by Gasteiger charge is 2.19. The Kier molecular flexibility index (Phi) is 8.47. The second-order valence-electron chi connectivity index (χ2n) is 9.03. The normalized spacial score (nSPS) is 14.5. The van der Waals surface area contributed by atoms with E-state index in [4.69, 9.17) is 9.47 Å². The van der Waals surface area contributed by atoms with E-state index in [9.17, 15) is 10.1 Å². The molecule has 1 aliphatic rings. The number of aromatic nitrogens is 1. The highest BCUT2D eigenvalue weighted by atomic mass is 16.5. The number of hydrogen-bond donors (Lipinski definition) is 1. The largest absolute Gasteiger partial charge is 0.493 e. The fourth-order valence-corrected chi connectivity index (χ4v) is 4.71. The van der Waals surface area contributed by atoms with Gasteiger partial charge in [0.25, 0.3) is 0 Å². The number of carbonyl (C=O) groups is 1. The predicted molar refractivity (Wildman–Crippen MR) is 142 cm³/mol. The number of fused-ring (bicyclic) bond motifs is 1. The number of nitriles is 1. The van der Waals surface area contributed by atoms with Crippen molar-refractivity contribution >= 4 is 22.7 Å². The van der Waals surface area contributed by atoms with Crippen molar-refractivity contribution in [3.63, 3.8) is 0 Å². The number of carbonyl (C=O) groups excluding carboxylic acids is 1. The first-order chi connectivity index (χ1) is 17.5. The lowest BCUT2D eigenvalue weighted by Crippen LogP contribution is -2.44. The Labute approximate surface area is 213 Å². The summed E-state index contributed by atoms with van der Waals surface area (Å²) in [6.07, 6.45) is 0.499. The van der Waals surface area contributed by atoms with Gasteiger partial charge < -0.3 is 23.8 Å². The van der Waals surface area contributed by atoms with Crippen molar-refractivity contribution in [2.24, 2.45) is 0 Å². The molecule has 1 aromatic heterocycles. The standard InChI is InChI=1S/C28H35N5O3/c1-4-33-26-19-23(36-18-6-13-32-16-14-31(3)15-17-32)11-12-24(26)25(20-29)27(33)21-7-9-22(10-8-21)30-28(34)35-5-2/h7-12,19H,4-6,13-18H2,1-3H3,(H,30,34). The molecule has 2 aromatic carbocycles. The summed E-state index contributed by atoms with van der Waals surface area (Å²) in [5, 5.41) is 13.6. The van der Waals surface area contributed by atoms with Crippen LogP contribution in [0, 0.1) is 11.3 Å². The van der Waals surface area contributed by atoms with Crippen LogP contribution in [0.25, 0.3) is 22.2 Å². The van der Waals surface area contributed by atoms with E-state index in [0.29, 0.717) is 31.0 Å². The molecular weight excluding hydrogens is 454 g/mol. The van der Waals surface area contributed by atoms with Gasteiger partial charge in [0, 0.05) is 56.4 Å². The average Bonchev–Trinajstić information content (AvgIpc) is 3.21. The Morgan fingerprint density at radius 2 is 1.83 bits per heavy atom. The molecular formula is C28H35N5O3. The van der Waals surface area contributed by atoms with Crippen LogP contribution in [0.5, 0.6) is 5.75 Å². The van der Waals surface area contributed by atoms with Crippen LogP contribution >= 0.6 is 0 Å². The van der Waals surface area contributed by atoms with Crippen LogP contribution in [0.3, 0.4) is 0 Å². The van der Waals surface area contributed by atoms with Gasteiger partial charge in [-0.2, -0.15) is 5.26 Å². The van der Waals surface area contributed by atoms with Gasteiger partial charge in [-0.25, -0.2) is 4.79 Å². The van der Waals surface area contributed by atoms with Gasteiger partial charge in [-0.1, -0.05) is 12.1 Å². The first-order valence-corrected chi connectivity index (χ1v) is 12.7. The van der Waals surface area contributed by atoms with Crippen LogP contribution in [-0.2, 0) is 11.3 Å². The molecule has 1 fully saturated rings. The molecule has 1 aliphatic heterocycles. The van der Waals surface area contributed by atoms with E-state index in [2.05, 4.69) is 39.7 Å². The van der Waals surface area contributed by atoms with Gasteiger partial charge >= 0.3 is 6.09 Å². The molecule has 0 saturated carbocycles. The molecule has 1 N–H and O–H groups in total. The van der Waals surface area contributed by atoms with Gasteiger partial charge in [-0.3, -0.25) is 5.32 Å². The summed E-state index contributed by atoms with van der Waals surface area (Å²) >= 11 is 0. The van der Waals surface area contributed by atoms with Gasteiger partial charge in [0.1, 0.15) is 11.8 Å². The molecule has 0 bridgehead atoms. The van der Waals surface area contributed by atoms with Gasteiger partial charge in [-0.15, -0.1) is 0 Å². The van der Waals surface area contributed by atoms with E-state index in [1.54, 1.807) is 6.92 Å². The van der Waals surface area contributed by atoms with E-state index >= 15 is 0 Å². The zero-order valence-electron chi connectivity index (χ0n) is 21.4. The van der Waals surface area contributed by atoms with Crippen LogP contribution < -0.4 is 10.1 Å². The summed E-state index contributed by atoms with van der Waals surface area (Å²) < 4.78 is 13.2. The molecule has 1 amide bonds.